The quantitative estimate of drug-likeness (QED) is 0.669. The van der Waals surface area contributed by atoms with Crippen LogP contribution in [-0.4, -0.2) is 5.91 Å². The van der Waals surface area contributed by atoms with E-state index in [1.54, 1.807) is 6.07 Å². The lowest BCUT2D eigenvalue weighted by Crippen LogP contribution is -2.08. The van der Waals surface area contributed by atoms with E-state index in [2.05, 4.69) is 11.8 Å². The molecule has 0 saturated heterocycles. The van der Waals surface area contributed by atoms with Gasteiger partial charge in [0, 0.05) is 5.56 Å². The summed E-state index contributed by atoms with van der Waals surface area (Å²) in [5.74, 6) is 4.46. The Morgan fingerprint density at radius 3 is 2.93 bits per heavy atom. The fraction of sp³-hybridized carbons (Fsp3) is 0.182. The second-order valence-corrected chi connectivity index (χ2v) is 2.90. The number of aryl methyl sites for hydroxylation is 1. The fourth-order valence-electron chi connectivity index (χ4n) is 0.955. The molecule has 0 fully saturated rings. The maximum Gasteiger partial charge on any atom is 0.229 e. The van der Waals surface area contributed by atoms with E-state index in [0.717, 1.165) is 5.56 Å². The number of amides is 1. The lowest BCUT2D eigenvalue weighted by molar-refractivity contribution is -0.117. The molecule has 0 aliphatic heterocycles. The molecule has 0 atom stereocenters. The van der Waals surface area contributed by atoms with Gasteiger partial charge in [0.25, 0.3) is 0 Å². The van der Waals surface area contributed by atoms with E-state index in [-0.39, 0.29) is 12.2 Å². The van der Waals surface area contributed by atoms with Gasteiger partial charge in [-0.2, -0.15) is 0 Å². The molecule has 14 heavy (non-hydrogen) atoms. The average Bonchev–Trinajstić information content (AvgIpc) is 2.10. The van der Waals surface area contributed by atoms with Gasteiger partial charge in [-0.25, -0.2) is 4.39 Å². The van der Waals surface area contributed by atoms with Crippen molar-refractivity contribution in [3.05, 3.63) is 35.1 Å². The van der Waals surface area contributed by atoms with Gasteiger partial charge in [-0.05, 0) is 24.6 Å². The average molecular weight is 191 g/mol. The zero-order chi connectivity index (χ0) is 10.6. The minimum atomic E-state index is -0.480. The number of carbonyl (C=O) groups is 1. The van der Waals surface area contributed by atoms with Gasteiger partial charge in [-0.3, -0.25) is 4.79 Å². The van der Waals surface area contributed by atoms with E-state index in [1.807, 2.05) is 6.92 Å². The SMILES string of the molecule is Cc1ccc(F)cc1C#CCC(N)=O. The van der Waals surface area contributed by atoms with E-state index < -0.39 is 5.91 Å². The molecule has 0 spiro atoms. The first kappa shape index (κ1) is 10.3. The Labute approximate surface area is 81.9 Å². The maximum atomic E-state index is 12.8. The molecule has 0 heterocycles. The van der Waals surface area contributed by atoms with Crippen molar-refractivity contribution in [1.82, 2.24) is 0 Å². The van der Waals surface area contributed by atoms with Crippen LogP contribution in [-0.2, 0) is 4.79 Å². The van der Waals surface area contributed by atoms with Crippen LogP contribution in [0.25, 0.3) is 0 Å². The molecule has 1 aromatic carbocycles. The molecule has 0 radical (unpaired) electrons. The highest BCUT2D eigenvalue weighted by Gasteiger charge is 1.96. The molecule has 1 aromatic rings. The number of halogens is 1. The van der Waals surface area contributed by atoms with Gasteiger partial charge in [-0.1, -0.05) is 17.9 Å². The van der Waals surface area contributed by atoms with Crippen molar-refractivity contribution >= 4 is 5.91 Å². The molecule has 0 aromatic heterocycles. The third kappa shape index (κ3) is 2.91. The van der Waals surface area contributed by atoms with Crippen molar-refractivity contribution in [2.24, 2.45) is 5.73 Å². The summed E-state index contributed by atoms with van der Waals surface area (Å²) >= 11 is 0. The van der Waals surface area contributed by atoms with Crippen LogP contribution in [0.4, 0.5) is 4.39 Å². The van der Waals surface area contributed by atoms with Crippen molar-refractivity contribution < 1.29 is 9.18 Å². The zero-order valence-corrected chi connectivity index (χ0v) is 7.80. The first-order chi connectivity index (χ1) is 6.59. The topological polar surface area (TPSA) is 43.1 Å². The lowest BCUT2D eigenvalue weighted by atomic mass is 10.1. The molecule has 3 heteroatoms. The van der Waals surface area contributed by atoms with E-state index in [0.29, 0.717) is 5.56 Å². The largest absolute Gasteiger partial charge is 0.369 e. The highest BCUT2D eigenvalue weighted by molar-refractivity contribution is 5.76. The second-order valence-electron chi connectivity index (χ2n) is 2.90. The van der Waals surface area contributed by atoms with Crippen molar-refractivity contribution in [2.45, 2.75) is 13.3 Å². The van der Waals surface area contributed by atoms with Crippen LogP contribution in [0.2, 0.25) is 0 Å². The molecule has 0 aliphatic rings. The van der Waals surface area contributed by atoms with Gasteiger partial charge < -0.3 is 5.73 Å². The number of carbonyl (C=O) groups excluding carboxylic acids is 1. The third-order valence-corrected chi connectivity index (χ3v) is 1.69. The zero-order valence-electron chi connectivity index (χ0n) is 7.80. The Morgan fingerprint density at radius 1 is 1.57 bits per heavy atom. The number of hydrogen-bond acceptors (Lipinski definition) is 1. The first-order valence-electron chi connectivity index (χ1n) is 4.13. The van der Waals surface area contributed by atoms with Crippen LogP contribution >= 0.6 is 0 Å². The Morgan fingerprint density at radius 2 is 2.29 bits per heavy atom. The van der Waals surface area contributed by atoms with Gasteiger partial charge in [0.05, 0.1) is 6.42 Å². The van der Waals surface area contributed by atoms with Crippen LogP contribution in [0.5, 0.6) is 0 Å². The molecule has 0 bridgehead atoms. The molecular formula is C11H10FNO. The van der Waals surface area contributed by atoms with E-state index in [1.165, 1.54) is 12.1 Å². The normalized spacial score (nSPS) is 9.00. The summed E-state index contributed by atoms with van der Waals surface area (Å²) in [6.07, 6.45) is -0.00401. The standard InChI is InChI=1S/C11H10FNO/c1-8-5-6-10(12)7-9(8)3-2-4-11(13)14/h5-7H,4H2,1H3,(H2,13,14). The summed E-state index contributed by atoms with van der Waals surface area (Å²) in [4.78, 5) is 10.4. The van der Waals surface area contributed by atoms with Crippen LogP contribution in [0.3, 0.4) is 0 Å². The lowest BCUT2D eigenvalue weighted by Gasteiger charge is -1.96. The first-order valence-corrected chi connectivity index (χ1v) is 4.13. The van der Waals surface area contributed by atoms with E-state index in [4.69, 9.17) is 5.73 Å². The smallest absolute Gasteiger partial charge is 0.229 e. The van der Waals surface area contributed by atoms with Crippen LogP contribution in [0.15, 0.2) is 18.2 Å². The Kier molecular flexibility index (Phi) is 3.24. The molecule has 72 valence electrons. The van der Waals surface area contributed by atoms with Gasteiger partial charge in [0.1, 0.15) is 5.82 Å². The monoisotopic (exact) mass is 191 g/mol. The minimum absolute atomic E-state index is 0.00401. The molecule has 0 aliphatic carbocycles. The summed E-state index contributed by atoms with van der Waals surface area (Å²) in [7, 11) is 0. The molecule has 2 nitrogen and oxygen atoms in total. The molecule has 1 rings (SSSR count). The summed E-state index contributed by atoms with van der Waals surface area (Å²) in [6.45, 7) is 1.83. The number of rotatable bonds is 1. The highest BCUT2D eigenvalue weighted by Crippen LogP contribution is 2.08. The molecular weight excluding hydrogens is 181 g/mol. The molecule has 2 N–H and O–H groups in total. The summed E-state index contributed by atoms with van der Waals surface area (Å²) in [5, 5.41) is 0. The predicted octanol–water partition coefficient (Wildman–Crippen LogP) is 1.36. The van der Waals surface area contributed by atoms with E-state index in [9.17, 15) is 9.18 Å². The van der Waals surface area contributed by atoms with Crippen LogP contribution < -0.4 is 5.73 Å². The maximum absolute atomic E-state index is 12.8. The summed E-state index contributed by atoms with van der Waals surface area (Å²) < 4.78 is 12.8. The fourth-order valence-corrected chi connectivity index (χ4v) is 0.955. The number of nitrogens with two attached hydrogens (primary N) is 1. The van der Waals surface area contributed by atoms with Crippen molar-refractivity contribution in [1.29, 1.82) is 0 Å². The Balaban J connectivity index is 2.88. The van der Waals surface area contributed by atoms with Crippen LogP contribution in [0.1, 0.15) is 17.5 Å². The van der Waals surface area contributed by atoms with Crippen molar-refractivity contribution in [2.75, 3.05) is 0 Å². The van der Waals surface area contributed by atoms with Gasteiger partial charge in [0.15, 0.2) is 0 Å². The van der Waals surface area contributed by atoms with Crippen LogP contribution in [0, 0.1) is 24.6 Å². The Hall–Kier alpha value is -1.82. The predicted molar refractivity (Wildman–Crippen MR) is 51.8 cm³/mol. The van der Waals surface area contributed by atoms with Crippen molar-refractivity contribution in [3.63, 3.8) is 0 Å². The van der Waals surface area contributed by atoms with Gasteiger partial charge in [0.2, 0.25) is 5.91 Å². The second kappa shape index (κ2) is 4.43. The molecule has 0 unspecified atom stereocenters. The van der Waals surface area contributed by atoms with Crippen molar-refractivity contribution in [3.8, 4) is 11.8 Å². The van der Waals surface area contributed by atoms with E-state index >= 15 is 0 Å². The number of hydrogen-bond donors (Lipinski definition) is 1. The third-order valence-electron chi connectivity index (χ3n) is 1.69. The number of benzene rings is 1. The summed E-state index contributed by atoms with van der Waals surface area (Å²) in [5.41, 5.74) is 6.38. The number of primary amides is 1. The van der Waals surface area contributed by atoms with Gasteiger partial charge in [-0.15, -0.1) is 0 Å². The molecule has 0 saturated carbocycles. The summed E-state index contributed by atoms with van der Waals surface area (Å²) in [6, 6.07) is 4.35. The Bertz CT molecular complexity index is 415. The van der Waals surface area contributed by atoms with Gasteiger partial charge >= 0.3 is 0 Å². The highest BCUT2D eigenvalue weighted by atomic mass is 19.1. The minimum Gasteiger partial charge on any atom is -0.369 e. The molecule has 1 amide bonds.